The molecule has 0 radical (unpaired) electrons. The summed E-state index contributed by atoms with van der Waals surface area (Å²) in [6.07, 6.45) is 2.06. The van der Waals surface area contributed by atoms with Crippen LogP contribution in [0.5, 0.6) is 0 Å². The molecule has 1 nitrogen and oxygen atoms in total. The van der Waals surface area contributed by atoms with Crippen LogP contribution in [-0.2, 0) is 10.2 Å². The average molecular weight is 286 g/mol. The quantitative estimate of drug-likeness (QED) is 0.764. The predicted octanol–water partition coefficient (Wildman–Crippen LogP) is 2.91. The standard InChI is InChI=1S/C11H11IO/c1-8(13)11(5-6-11)9-3-2-4-10(12)7-9/h2-4,7H,5-6H2,1H3. The molecular weight excluding hydrogens is 275 g/mol. The molecule has 1 aromatic carbocycles. The molecule has 13 heavy (non-hydrogen) atoms. The lowest BCUT2D eigenvalue weighted by atomic mass is 9.92. The van der Waals surface area contributed by atoms with E-state index in [-0.39, 0.29) is 5.41 Å². The molecule has 0 aliphatic heterocycles. The summed E-state index contributed by atoms with van der Waals surface area (Å²) in [6, 6.07) is 8.27. The second kappa shape index (κ2) is 3.08. The van der Waals surface area contributed by atoms with E-state index < -0.39 is 0 Å². The first-order chi connectivity index (χ1) is 6.15. The van der Waals surface area contributed by atoms with Gasteiger partial charge in [-0.3, -0.25) is 4.79 Å². The van der Waals surface area contributed by atoms with Gasteiger partial charge in [0.15, 0.2) is 0 Å². The summed E-state index contributed by atoms with van der Waals surface area (Å²) in [5.74, 6) is 0.314. The van der Waals surface area contributed by atoms with Crippen molar-refractivity contribution in [3.63, 3.8) is 0 Å². The second-order valence-electron chi connectivity index (χ2n) is 3.65. The average Bonchev–Trinajstić information content (AvgIpc) is 2.83. The minimum atomic E-state index is -0.110. The largest absolute Gasteiger partial charge is 0.299 e. The molecule has 0 saturated heterocycles. The number of ketones is 1. The summed E-state index contributed by atoms with van der Waals surface area (Å²) < 4.78 is 1.21. The number of rotatable bonds is 2. The molecule has 1 fully saturated rings. The van der Waals surface area contributed by atoms with Gasteiger partial charge < -0.3 is 0 Å². The fourth-order valence-corrected chi connectivity index (χ4v) is 2.30. The van der Waals surface area contributed by atoms with Crippen LogP contribution in [0, 0.1) is 3.57 Å². The van der Waals surface area contributed by atoms with E-state index in [4.69, 9.17) is 0 Å². The van der Waals surface area contributed by atoms with Crippen LogP contribution in [0.25, 0.3) is 0 Å². The normalized spacial score (nSPS) is 18.3. The Balaban J connectivity index is 2.41. The lowest BCUT2D eigenvalue weighted by molar-refractivity contribution is -0.119. The van der Waals surface area contributed by atoms with Crippen LogP contribution < -0.4 is 0 Å². The van der Waals surface area contributed by atoms with Crippen LogP contribution in [0.4, 0.5) is 0 Å². The maximum Gasteiger partial charge on any atom is 0.140 e. The van der Waals surface area contributed by atoms with Gasteiger partial charge in [0.05, 0.1) is 5.41 Å². The Labute approximate surface area is 91.7 Å². The van der Waals surface area contributed by atoms with Gasteiger partial charge in [-0.1, -0.05) is 12.1 Å². The number of carbonyl (C=O) groups is 1. The van der Waals surface area contributed by atoms with Crippen molar-refractivity contribution in [3.05, 3.63) is 33.4 Å². The van der Waals surface area contributed by atoms with Crippen LogP contribution in [0.15, 0.2) is 24.3 Å². The van der Waals surface area contributed by atoms with E-state index in [2.05, 4.69) is 40.8 Å². The Morgan fingerprint density at radius 1 is 1.46 bits per heavy atom. The molecule has 0 amide bonds. The van der Waals surface area contributed by atoms with E-state index in [1.807, 2.05) is 6.07 Å². The maximum atomic E-state index is 11.4. The number of hydrogen-bond acceptors (Lipinski definition) is 1. The van der Waals surface area contributed by atoms with Crippen molar-refractivity contribution >= 4 is 28.4 Å². The summed E-state index contributed by atoms with van der Waals surface area (Å²) in [5.41, 5.74) is 1.09. The second-order valence-corrected chi connectivity index (χ2v) is 4.89. The number of benzene rings is 1. The highest BCUT2D eigenvalue weighted by atomic mass is 127. The van der Waals surface area contributed by atoms with E-state index >= 15 is 0 Å². The van der Waals surface area contributed by atoms with Gasteiger partial charge in [0, 0.05) is 3.57 Å². The van der Waals surface area contributed by atoms with Crippen molar-refractivity contribution in [2.24, 2.45) is 0 Å². The molecule has 0 unspecified atom stereocenters. The highest BCUT2D eigenvalue weighted by Crippen LogP contribution is 2.48. The summed E-state index contributed by atoms with van der Waals surface area (Å²) in [6.45, 7) is 1.70. The number of hydrogen-bond donors (Lipinski definition) is 0. The molecule has 1 aliphatic carbocycles. The first-order valence-electron chi connectivity index (χ1n) is 4.42. The van der Waals surface area contributed by atoms with Crippen molar-refractivity contribution in [1.29, 1.82) is 0 Å². The SMILES string of the molecule is CC(=O)C1(c2cccc(I)c2)CC1. The molecule has 0 N–H and O–H groups in total. The number of carbonyl (C=O) groups excluding carboxylic acids is 1. The lowest BCUT2D eigenvalue weighted by Crippen LogP contribution is -2.16. The zero-order chi connectivity index (χ0) is 9.47. The molecule has 0 bridgehead atoms. The molecule has 1 aliphatic rings. The monoisotopic (exact) mass is 286 g/mol. The van der Waals surface area contributed by atoms with Gasteiger partial charge in [-0.15, -0.1) is 0 Å². The van der Waals surface area contributed by atoms with Crippen molar-refractivity contribution in [1.82, 2.24) is 0 Å². The Morgan fingerprint density at radius 3 is 2.62 bits per heavy atom. The molecule has 1 saturated carbocycles. The van der Waals surface area contributed by atoms with E-state index in [0.717, 1.165) is 12.8 Å². The fourth-order valence-electron chi connectivity index (χ4n) is 1.76. The first-order valence-corrected chi connectivity index (χ1v) is 5.50. The van der Waals surface area contributed by atoms with Gasteiger partial charge >= 0.3 is 0 Å². The van der Waals surface area contributed by atoms with Crippen LogP contribution in [0.1, 0.15) is 25.3 Å². The van der Waals surface area contributed by atoms with Gasteiger partial charge in [-0.2, -0.15) is 0 Å². The smallest absolute Gasteiger partial charge is 0.140 e. The molecular formula is C11H11IO. The van der Waals surface area contributed by atoms with Gasteiger partial charge in [-0.05, 0) is 60.1 Å². The number of Topliss-reactive ketones (excluding diaryl/α,β-unsaturated/α-hetero) is 1. The lowest BCUT2D eigenvalue weighted by Gasteiger charge is -2.11. The van der Waals surface area contributed by atoms with Crippen LogP contribution in [0.3, 0.4) is 0 Å². The molecule has 0 spiro atoms. The Hall–Kier alpha value is -0.380. The van der Waals surface area contributed by atoms with Crippen molar-refractivity contribution < 1.29 is 4.79 Å². The maximum absolute atomic E-state index is 11.4. The topological polar surface area (TPSA) is 17.1 Å². The fraction of sp³-hybridized carbons (Fsp3) is 0.364. The van der Waals surface area contributed by atoms with Crippen LogP contribution in [-0.4, -0.2) is 5.78 Å². The minimum Gasteiger partial charge on any atom is -0.299 e. The third-order valence-corrected chi connectivity index (χ3v) is 3.47. The van der Waals surface area contributed by atoms with E-state index in [0.29, 0.717) is 5.78 Å². The van der Waals surface area contributed by atoms with Gasteiger partial charge in [0.25, 0.3) is 0 Å². The summed E-state index contributed by atoms with van der Waals surface area (Å²) in [7, 11) is 0. The van der Waals surface area contributed by atoms with Gasteiger partial charge in [0.2, 0.25) is 0 Å². The number of halogens is 1. The van der Waals surface area contributed by atoms with E-state index in [1.54, 1.807) is 6.92 Å². The predicted molar refractivity (Wildman–Crippen MR) is 60.8 cm³/mol. The van der Waals surface area contributed by atoms with Crippen molar-refractivity contribution in [3.8, 4) is 0 Å². The summed E-state index contributed by atoms with van der Waals surface area (Å²) >= 11 is 2.29. The summed E-state index contributed by atoms with van der Waals surface area (Å²) in [5, 5.41) is 0. The molecule has 2 heteroatoms. The van der Waals surface area contributed by atoms with Crippen LogP contribution >= 0.6 is 22.6 Å². The zero-order valence-corrected chi connectivity index (χ0v) is 9.67. The third kappa shape index (κ3) is 1.52. The first kappa shape index (κ1) is 9.19. The third-order valence-electron chi connectivity index (χ3n) is 2.80. The van der Waals surface area contributed by atoms with Crippen molar-refractivity contribution in [2.75, 3.05) is 0 Å². The molecule has 0 atom stereocenters. The van der Waals surface area contributed by atoms with Gasteiger partial charge in [-0.25, -0.2) is 0 Å². The molecule has 68 valence electrons. The molecule has 0 heterocycles. The van der Waals surface area contributed by atoms with Gasteiger partial charge in [0.1, 0.15) is 5.78 Å². The zero-order valence-electron chi connectivity index (χ0n) is 7.51. The van der Waals surface area contributed by atoms with Crippen molar-refractivity contribution in [2.45, 2.75) is 25.2 Å². The summed E-state index contributed by atoms with van der Waals surface area (Å²) in [4.78, 5) is 11.4. The Bertz CT molecular complexity index is 353. The highest BCUT2D eigenvalue weighted by molar-refractivity contribution is 14.1. The van der Waals surface area contributed by atoms with E-state index in [9.17, 15) is 4.79 Å². The highest BCUT2D eigenvalue weighted by Gasteiger charge is 2.48. The molecule has 1 aromatic rings. The Morgan fingerprint density at radius 2 is 2.15 bits per heavy atom. The van der Waals surface area contributed by atoms with E-state index in [1.165, 1.54) is 9.13 Å². The van der Waals surface area contributed by atoms with Crippen LogP contribution in [0.2, 0.25) is 0 Å². The minimum absolute atomic E-state index is 0.110. The molecule has 2 rings (SSSR count). The molecule has 0 aromatic heterocycles. The Kier molecular flexibility index (Phi) is 2.18.